The Morgan fingerprint density at radius 2 is 2.10 bits per heavy atom. The van der Waals surface area contributed by atoms with Crippen LogP contribution in [-0.2, 0) is 11.3 Å². The first kappa shape index (κ1) is 18.2. The van der Waals surface area contributed by atoms with Gasteiger partial charge < -0.3 is 24.6 Å². The van der Waals surface area contributed by atoms with Gasteiger partial charge in [-0.15, -0.1) is 0 Å². The molecule has 0 heterocycles. The number of benzene rings is 1. The fraction of sp³-hybridized carbons (Fsp3) is 0.600. The van der Waals surface area contributed by atoms with Gasteiger partial charge in [0.15, 0.2) is 11.5 Å². The largest absolute Gasteiger partial charge is 0.490 e. The third-order valence-electron chi connectivity index (χ3n) is 2.65. The molecule has 0 aromatic heterocycles. The van der Waals surface area contributed by atoms with Gasteiger partial charge in [0.25, 0.3) is 0 Å². The Morgan fingerprint density at radius 3 is 2.71 bits per heavy atom. The molecule has 2 N–H and O–H groups in total. The normalized spacial score (nSPS) is 12.2. The molecule has 0 aliphatic rings. The van der Waals surface area contributed by atoms with Gasteiger partial charge in [-0.05, 0) is 47.5 Å². The molecule has 1 aromatic rings. The topological polar surface area (TPSA) is 60.0 Å². The van der Waals surface area contributed by atoms with Crippen LogP contribution in [0.4, 0.5) is 0 Å². The average molecular weight is 362 g/mol. The lowest BCUT2D eigenvalue weighted by molar-refractivity contribution is 0.119. The Kier molecular flexibility index (Phi) is 8.68. The van der Waals surface area contributed by atoms with Crippen LogP contribution in [0.2, 0.25) is 0 Å². The van der Waals surface area contributed by atoms with E-state index in [-0.39, 0.29) is 6.61 Å². The van der Waals surface area contributed by atoms with E-state index in [0.29, 0.717) is 24.7 Å². The SMILES string of the molecule is CCOc1cc(CNCCOC)cc(Br)c1OCC(C)O. The van der Waals surface area contributed by atoms with Gasteiger partial charge in [0.05, 0.1) is 23.8 Å². The van der Waals surface area contributed by atoms with Crippen molar-refractivity contribution in [1.29, 1.82) is 0 Å². The molecule has 0 aliphatic carbocycles. The second-order valence-electron chi connectivity index (χ2n) is 4.67. The number of aliphatic hydroxyl groups is 1. The van der Waals surface area contributed by atoms with Crippen LogP contribution < -0.4 is 14.8 Å². The van der Waals surface area contributed by atoms with E-state index < -0.39 is 6.10 Å². The van der Waals surface area contributed by atoms with E-state index in [9.17, 15) is 5.11 Å². The Labute approximate surface area is 134 Å². The summed E-state index contributed by atoms with van der Waals surface area (Å²) in [4.78, 5) is 0. The highest BCUT2D eigenvalue weighted by Crippen LogP contribution is 2.37. The number of aliphatic hydroxyl groups excluding tert-OH is 1. The zero-order valence-electron chi connectivity index (χ0n) is 12.8. The fourth-order valence-corrected chi connectivity index (χ4v) is 2.34. The molecule has 1 rings (SSSR count). The number of hydrogen-bond acceptors (Lipinski definition) is 5. The summed E-state index contributed by atoms with van der Waals surface area (Å²) >= 11 is 3.50. The van der Waals surface area contributed by atoms with Crippen molar-refractivity contribution in [2.75, 3.05) is 33.5 Å². The van der Waals surface area contributed by atoms with Crippen molar-refractivity contribution in [3.05, 3.63) is 22.2 Å². The van der Waals surface area contributed by atoms with E-state index in [2.05, 4.69) is 21.2 Å². The summed E-state index contributed by atoms with van der Waals surface area (Å²) in [5.74, 6) is 1.30. The lowest BCUT2D eigenvalue weighted by Gasteiger charge is -2.16. The standard InChI is InChI=1S/C15H24BrNO4/c1-4-20-14-8-12(9-17-5-6-19-3)7-13(16)15(14)21-10-11(2)18/h7-8,11,17-18H,4-6,9-10H2,1-3H3. The van der Waals surface area contributed by atoms with E-state index in [1.54, 1.807) is 14.0 Å². The Bertz CT molecular complexity index is 426. The van der Waals surface area contributed by atoms with Crippen molar-refractivity contribution >= 4 is 15.9 Å². The second kappa shape index (κ2) is 10.00. The first-order valence-corrected chi connectivity index (χ1v) is 7.83. The van der Waals surface area contributed by atoms with Crippen molar-refractivity contribution in [2.24, 2.45) is 0 Å². The molecule has 6 heteroatoms. The first-order valence-electron chi connectivity index (χ1n) is 7.04. The highest BCUT2D eigenvalue weighted by Gasteiger charge is 2.13. The molecular weight excluding hydrogens is 338 g/mol. The van der Waals surface area contributed by atoms with Crippen LogP contribution in [0.15, 0.2) is 16.6 Å². The minimum absolute atomic E-state index is 0.226. The molecule has 0 amide bonds. The lowest BCUT2D eigenvalue weighted by atomic mass is 10.2. The van der Waals surface area contributed by atoms with Gasteiger partial charge in [-0.1, -0.05) is 0 Å². The summed E-state index contributed by atoms with van der Waals surface area (Å²) in [7, 11) is 1.68. The van der Waals surface area contributed by atoms with Gasteiger partial charge in [0, 0.05) is 20.2 Å². The van der Waals surface area contributed by atoms with E-state index in [4.69, 9.17) is 14.2 Å². The predicted octanol–water partition coefficient (Wildman–Crippen LogP) is 2.34. The average Bonchev–Trinajstić information content (AvgIpc) is 2.43. The van der Waals surface area contributed by atoms with Crippen LogP contribution in [-0.4, -0.2) is 44.7 Å². The molecule has 0 radical (unpaired) electrons. The number of methoxy groups -OCH3 is 1. The van der Waals surface area contributed by atoms with Gasteiger partial charge in [0.2, 0.25) is 0 Å². The smallest absolute Gasteiger partial charge is 0.175 e. The lowest BCUT2D eigenvalue weighted by Crippen LogP contribution is -2.18. The summed E-state index contributed by atoms with van der Waals surface area (Å²) in [5.41, 5.74) is 1.09. The third kappa shape index (κ3) is 6.65. The van der Waals surface area contributed by atoms with Crippen molar-refractivity contribution in [2.45, 2.75) is 26.5 Å². The molecule has 0 aliphatic heterocycles. The summed E-state index contributed by atoms with van der Waals surface area (Å²) in [5, 5.41) is 12.6. The maximum atomic E-state index is 9.34. The maximum absolute atomic E-state index is 9.34. The Hall–Kier alpha value is -0.820. The van der Waals surface area contributed by atoms with Crippen molar-refractivity contribution in [3.63, 3.8) is 0 Å². The zero-order chi connectivity index (χ0) is 15.7. The molecule has 0 bridgehead atoms. The maximum Gasteiger partial charge on any atom is 0.175 e. The molecule has 21 heavy (non-hydrogen) atoms. The number of hydrogen-bond donors (Lipinski definition) is 2. The summed E-state index contributed by atoms with van der Waals surface area (Å²) in [6.45, 7) is 6.58. The predicted molar refractivity (Wildman–Crippen MR) is 86.1 cm³/mol. The van der Waals surface area contributed by atoms with E-state index in [0.717, 1.165) is 23.1 Å². The number of rotatable bonds is 10. The van der Waals surface area contributed by atoms with Crippen molar-refractivity contribution in [3.8, 4) is 11.5 Å². The quantitative estimate of drug-likeness (QED) is 0.626. The van der Waals surface area contributed by atoms with Crippen LogP contribution in [0.5, 0.6) is 11.5 Å². The van der Waals surface area contributed by atoms with Crippen LogP contribution >= 0.6 is 15.9 Å². The van der Waals surface area contributed by atoms with Crippen molar-refractivity contribution < 1.29 is 19.3 Å². The van der Waals surface area contributed by atoms with Crippen LogP contribution in [0, 0.1) is 0 Å². The fourth-order valence-electron chi connectivity index (χ4n) is 1.74. The Balaban J connectivity index is 2.79. The van der Waals surface area contributed by atoms with Crippen LogP contribution in [0.3, 0.4) is 0 Å². The molecule has 0 fully saturated rings. The second-order valence-corrected chi connectivity index (χ2v) is 5.52. The molecule has 5 nitrogen and oxygen atoms in total. The summed E-state index contributed by atoms with van der Waals surface area (Å²) in [6.07, 6.45) is -0.526. The first-order chi connectivity index (χ1) is 10.1. The molecule has 1 unspecified atom stereocenters. The Morgan fingerprint density at radius 1 is 1.33 bits per heavy atom. The highest BCUT2D eigenvalue weighted by molar-refractivity contribution is 9.10. The molecular formula is C15H24BrNO4. The molecule has 1 atom stereocenters. The number of ether oxygens (including phenoxy) is 3. The number of nitrogens with one attached hydrogen (secondary N) is 1. The van der Waals surface area contributed by atoms with Gasteiger partial charge in [-0.2, -0.15) is 0 Å². The minimum atomic E-state index is -0.526. The monoisotopic (exact) mass is 361 g/mol. The van der Waals surface area contributed by atoms with Crippen molar-refractivity contribution in [1.82, 2.24) is 5.32 Å². The van der Waals surface area contributed by atoms with Gasteiger partial charge in [0.1, 0.15) is 6.61 Å². The minimum Gasteiger partial charge on any atom is -0.490 e. The van der Waals surface area contributed by atoms with E-state index in [1.807, 2.05) is 19.1 Å². The van der Waals surface area contributed by atoms with Crippen LogP contribution in [0.1, 0.15) is 19.4 Å². The molecule has 120 valence electrons. The molecule has 0 saturated heterocycles. The third-order valence-corrected chi connectivity index (χ3v) is 3.24. The van der Waals surface area contributed by atoms with Gasteiger partial charge >= 0.3 is 0 Å². The highest BCUT2D eigenvalue weighted by atomic mass is 79.9. The summed E-state index contributed by atoms with van der Waals surface area (Å²) in [6, 6.07) is 3.94. The molecule has 1 aromatic carbocycles. The van der Waals surface area contributed by atoms with Gasteiger partial charge in [-0.3, -0.25) is 0 Å². The summed E-state index contributed by atoms with van der Waals surface area (Å²) < 4.78 is 17.1. The van der Waals surface area contributed by atoms with E-state index in [1.165, 1.54) is 0 Å². The zero-order valence-corrected chi connectivity index (χ0v) is 14.4. The molecule has 0 spiro atoms. The number of halogens is 1. The molecule has 0 saturated carbocycles. The van der Waals surface area contributed by atoms with E-state index >= 15 is 0 Å². The van der Waals surface area contributed by atoms with Crippen LogP contribution in [0.25, 0.3) is 0 Å². The van der Waals surface area contributed by atoms with Gasteiger partial charge in [-0.25, -0.2) is 0 Å².